The molecule has 0 saturated carbocycles. The Balaban J connectivity index is 2.84. The zero-order valence-electron chi connectivity index (χ0n) is 12.5. The Bertz CT molecular complexity index is 548. The highest BCUT2D eigenvalue weighted by atomic mass is 32.2. The number of nitrogens with one attached hydrogen (secondary N) is 1. The summed E-state index contributed by atoms with van der Waals surface area (Å²) >= 11 is 0. The Labute approximate surface area is 125 Å². The van der Waals surface area contributed by atoms with Crippen LogP contribution in [0.1, 0.15) is 13.8 Å². The maximum absolute atomic E-state index is 12.7. The maximum atomic E-state index is 12.7. The molecule has 4 nitrogen and oxygen atoms in total. The van der Waals surface area contributed by atoms with Gasteiger partial charge in [0.25, 0.3) is 0 Å². The minimum Gasteiger partial charge on any atom is -0.372 e. The third-order valence-corrected chi connectivity index (χ3v) is 4.42. The molecule has 1 rings (SSSR count). The summed E-state index contributed by atoms with van der Waals surface area (Å²) in [4.78, 5) is 1.34. The average Bonchev–Trinajstić information content (AvgIpc) is 2.43. The van der Waals surface area contributed by atoms with Crippen molar-refractivity contribution in [3.63, 3.8) is 0 Å². The summed E-state index contributed by atoms with van der Waals surface area (Å²) in [6.07, 6.45) is 0. The van der Waals surface area contributed by atoms with E-state index in [4.69, 9.17) is 0 Å². The number of rotatable bonds is 8. The monoisotopic (exact) mass is 320 g/mol. The molecule has 0 fully saturated rings. The van der Waals surface area contributed by atoms with Crippen LogP contribution in [0.2, 0.25) is 0 Å². The molecule has 0 bridgehead atoms. The molecule has 120 valence electrons. The van der Waals surface area contributed by atoms with Gasteiger partial charge in [-0.2, -0.15) is 8.78 Å². The second kappa shape index (κ2) is 7.70. The summed E-state index contributed by atoms with van der Waals surface area (Å²) < 4.78 is 48.8. The van der Waals surface area contributed by atoms with E-state index >= 15 is 0 Å². The molecular formula is C14H22F2N2O2S. The Hall–Kier alpha value is -1.21. The Kier molecular flexibility index (Phi) is 6.54. The second-order valence-electron chi connectivity index (χ2n) is 5.29. The highest BCUT2D eigenvalue weighted by molar-refractivity contribution is 7.91. The van der Waals surface area contributed by atoms with Gasteiger partial charge in [0.05, 0.1) is 10.6 Å². The van der Waals surface area contributed by atoms with E-state index in [1.54, 1.807) is 18.0 Å². The fourth-order valence-corrected chi connectivity index (χ4v) is 2.84. The van der Waals surface area contributed by atoms with Gasteiger partial charge in [-0.25, -0.2) is 8.42 Å². The van der Waals surface area contributed by atoms with Crippen molar-refractivity contribution in [2.75, 3.05) is 31.6 Å². The van der Waals surface area contributed by atoms with Crippen LogP contribution in [0.3, 0.4) is 0 Å². The molecule has 1 N–H and O–H groups in total. The molecule has 1 aromatic carbocycles. The van der Waals surface area contributed by atoms with Crippen molar-refractivity contribution in [1.29, 1.82) is 0 Å². The van der Waals surface area contributed by atoms with Gasteiger partial charge in [-0.3, -0.25) is 0 Å². The molecule has 21 heavy (non-hydrogen) atoms. The molecule has 7 heteroatoms. The van der Waals surface area contributed by atoms with Crippen molar-refractivity contribution < 1.29 is 17.2 Å². The summed E-state index contributed by atoms with van der Waals surface area (Å²) in [5.74, 6) is -2.90. The number of para-hydroxylation sites is 1. The average molecular weight is 320 g/mol. The first-order valence-corrected chi connectivity index (χ1v) is 8.34. The van der Waals surface area contributed by atoms with Crippen LogP contribution in [0, 0.1) is 5.92 Å². The molecule has 0 heterocycles. The molecule has 0 radical (unpaired) electrons. The fourth-order valence-electron chi connectivity index (χ4n) is 1.87. The lowest BCUT2D eigenvalue weighted by Gasteiger charge is -2.22. The van der Waals surface area contributed by atoms with Gasteiger partial charge in [0.1, 0.15) is 0 Å². The minimum atomic E-state index is -4.59. The van der Waals surface area contributed by atoms with Crippen LogP contribution < -0.4 is 10.2 Å². The first kappa shape index (κ1) is 17.8. The number of anilines is 1. The number of nitrogens with zero attached hydrogens (tertiary/aromatic N) is 1. The number of hydrogen-bond acceptors (Lipinski definition) is 4. The van der Waals surface area contributed by atoms with Crippen LogP contribution in [0.5, 0.6) is 0 Å². The lowest BCUT2D eigenvalue weighted by atomic mass is 10.2. The van der Waals surface area contributed by atoms with Gasteiger partial charge < -0.3 is 10.2 Å². The molecule has 0 aliphatic rings. The van der Waals surface area contributed by atoms with E-state index in [1.807, 2.05) is 0 Å². The maximum Gasteiger partial charge on any atom is 0.341 e. The van der Waals surface area contributed by atoms with Crippen molar-refractivity contribution >= 4 is 15.5 Å². The summed E-state index contributed by atoms with van der Waals surface area (Å²) in [7, 11) is -2.90. The van der Waals surface area contributed by atoms with Crippen LogP contribution in [-0.4, -0.2) is 40.9 Å². The van der Waals surface area contributed by atoms with Crippen molar-refractivity contribution in [2.24, 2.45) is 5.92 Å². The first-order chi connectivity index (χ1) is 9.76. The van der Waals surface area contributed by atoms with E-state index in [2.05, 4.69) is 19.2 Å². The predicted octanol–water partition coefficient (Wildman–Crippen LogP) is 2.36. The fraction of sp³-hybridized carbons (Fsp3) is 0.571. The van der Waals surface area contributed by atoms with Gasteiger partial charge in [0, 0.05) is 20.1 Å². The quantitative estimate of drug-likeness (QED) is 0.747. The molecule has 0 spiro atoms. The Morgan fingerprint density at radius 3 is 2.43 bits per heavy atom. The molecule has 0 aliphatic carbocycles. The normalized spacial score (nSPS) is 12.1. The van der Waals surface area contributed by atoms with Gasteiger partial charge in [-0.05, 0) is 24.6 Å². The molecule has 0 unspecified atom stereocenters. The highest BCUT2D eigenvalue weighted by Gasteiger charge is 2.29. The van der Waals surface area contributed by atoms with Crippen LogP contribution in [0.25, 0.3) is 0 Å². The van der Waals surface area contributed by atoms with Gasteiger partial charge in [-0.15, -0.1) is 0 Å². The van der Waals surface area contributed by atoms with Gasteiger partial charge in [0.15, 0.2) is 0 Å². The molecule has 0 amide bonds. The standard InChI is InChI=1S/C14H22F2N2O2S/c1-11(2)10-17-8-9-18(3)12-6-4-5-7-13(12)21(19,20)14(15)16/h4-7,11,14,17H,8-10H2,1-3H3. The third kappa shape index (κ3) is 4.93. The van der Waals surface area contributed by atoms with Gasteiger partial charge >= 0.3 is 5.76 Å². The molecule has 0 aliphatic heterocycles. The lowest BCUT2D eigenvalue weighted by Crippen LogP contribution is -2.32. The number of halogens is 2. The minimum absolute atomic E-state index is 0.296. The predicted molar refractivity (Wildman–Crippen MR) is 80.6 cm³/mol. The Morgan fingerprint density at radius 2 is 1.86 bits per heavy atom. The summed E-state index contributed by atoms with van der Waals surface area (Å²) in [5, 5.41) is 3.23. The molecule has 0 aromatic heterocycles. The number of benzene rings is 1. The lowest BCUT2D eigenvalue weighted by molar-refractivity contribution is 0.235. The van der Waals surface area contributed by atoms with Gasteiger partial charge in [0.2, 0.25) is 9.84 Å². The van der Waals surface area contributed by atoms with Crippen molar-refractivity contribution in [3.05, 3.63) is 24.3 Å². The summed E-state index contributed by atoms with van der Waals surface area (Å²) in [6.45, 7) is 6.20. The van der Waals surface area contributed by atoms with Crippen molar-refractivity contribution in [3.8, 4) is 0 Å². The molecular weight excluding hydrogens is 298 g/mol. The van der Waals surface area contributed by atoms with Crippen molar-refractivity contribution in [1.82, 2.24) is 5.32 Å². The molecule has 1 aromatic rings. The largest absolute Gasteiger partial charge is 0.372 e. The van der Waals surface area contributed by atoms with E-state index in [1.165, 1.54) is 18.2 Å². The second-order valence-corrected chi connectivity index (χ2v) is 7.18. The van der Waals surface area contributed by atoms with E-state index in [9.17, 15) is 17.2 Å². The smallest absolute Gasteiger partial charge is 0.341 e. The Morgan fingerprint density at radius 1 is 1.24 bits per heavy atom. The van der Waals surface area contributed by atoms with Crippen LogP contribution in [0.15, 0.2) is 29.2 Å². The summed E-state index contributed by atoms with van der Waals surface area (Å²) in [6, 6.07) is 5.84. The summed E-state index contributed by atoms with van der Waals surface area (Å²) in [5.41, 5.74) is 0.296. The number of hydrogen-bond donors (Lipinski definition) is 1. The van der Waals surface area contributed by atoms with E-state index in [-0.39, 0.29) is 4.90 Å². The first-order valence-electron chi connectivity index (χ1n) is 6.79. The van der Waals surface area contributed by atoms with Crippen LogP contribution >= 0.6 is 0 Å². The van der Waals surface area contributed by atoms with Crippen molar-refractivity contribution in [2.45, 2.75) is 24.5 Å². The van der Waals surface area contributed by atoms with E-state index in [0.717, 1.165) is 6.54 Å². The molecule has 0 atom stereocenters. The third-order valence-electron chi connectivity index (χ3n) is 2.99. The molecule has 0 saturated heterocycles. The number of alkyl halides is 2. The van der Waals surface area contributed by atoms with Crippen LogP contribution in [-0.2, 0) is 9.84 Å². The number of sulfone groups is 1. The van der Waals surface area contributed by atoms with E-state index in [0.29, 0.717) is 24.7 Å². The topological polar surface area (TPSA) is 49.4 Å². The SMILES string of the molecule is CC(C)CNCCN(C)c1ccccc1S(=O)(=O)C(F)F. The van der Waals surface area contributed by atoms with E-state index < -0.39 is 15.6 Å². The van der Waals surface area contributed by atoms with Crippen LogP contribution in [0.4, 0.5) is 14.5 Å². The zero-order chi connectivity index (χ0) is 16.0. The van der Waals surface area contributed by atoms with Gasteiger partial charge in [-0.1, -0.05) is 26.0 Å². The zero-order valence-corrected chi connectivity index (χ0v) is 13.3. The number of likely N-dealkylation sites (N-methyl/N-ethyl adjacent to an activating group) is 1. The highest BCUT2D eigenvalue weighted by Crippen LogP contribution is 2.28.